The Hall–Kier alpha value is -2.51. The number of morpholine rings is 1. The molecule has 1 aliphatic heterocycles. The second-order valence-electron chi connectivity index (χ2n) is 6.44. The van der Waals surface area contributed by atoms with E-state index >= 15 is 0 Å². The smallest absolute Gasteiger partial charge is 0.337 e. The van der Waals surface area contributed by atoms with Crippen LogP contribution in [0.5, 0.6) is 0 Å². The molecule has 0 bridgehead atoms. The van der Waals surface area contributed by atoms with Crippen molar-refractivity contribution in [3.63, 3.8) is 0 Å². The van der Waals surface area contributed by atoms with Gasteiger partial charge in [0, 0.05) is 30.2 Å². The maximum Gasteiger partial charge on any atom is 0.337 e. The molecule has 0 saturated carbocycles. The largest absolute Gasteiger partial charge is 0.478 e. The molecule has 28 heavy (non-hydrogen) atoms. The summed E-state index contributed by atoms with van der Waals surface area (Å²) in [6, 6.07) is 13.4. The first-order chi connectivity index (χ1) is 13.6. The number of hydrogen-bond acceptors (Lipinski definition) is 5. The van der Waals surface area contributed by atoms with Crippen LogP contribution in [0.15, 0.2) is 47.4 Å². The zero-order chi connectivity index (χ0) is 19.9. The van der Waals surface area contributed by atoms with Crippen LogP contribution < -0.4 is 10.2 Å². The van der Waals surface area contributed by atoms with E-state index in [1.165, 1.54) is 5.69 Å². The first-order valence-corrected chi connectivity index (χ1v) is 10.3. The Morgan fingerprint density at radius 2 is 1.93 bits per heavy atom. The molecule has 0 aromatic heterocycles. The highest BCUT2D eigenvalue weighted by molar-refractivity contribution is 7.98. The molecule has 1 saturated heterocycles. The molecule has 2 N–H and O–H groups in total. The van der Waals surface area contributed by atoms with Crippen molar-refractivity contribution in [2.45, 2.75) is 24.0 Å². The van der Waals surface area contributed by atoms with E-state index < -0.39 is 5.97 Å². The quantitative estimate of drug-likeness (QED) is 0.687. The number of thioether (sulfide) groups is 1. The molecule has 148 valence electrons. The molecule has 1 amide bonds. The number of amides is 1. The molecular formula is C21H24N2O4S. The molecule has 6 nitrogen and oxygen atoms in total. The topological polar surface area (TPSA) is 78.9 Å². The van der Waals surface area contributed by atoms with Gasteiger partial charge >= 0.3 is 5.97 Å². The van der Waals surface area contributed by atoms with E-state index in [0.717, 1.165) is 36.8 Å². The van der Waals surface area contributed by atoms with Crippen LogP contribution >= 0.6 is 11.8 Å². The molecule has 0 atom stereocenters. The van der Waals surface area contributed by atoms with Crippen LogP contribution in [0.2, 0.25) is 0 Å². The highest BCUT2D eigenvalue weighted by Gasteiger charge is 2.16. The summed E-state index contributed by atoms with van der Waals surface area (Å²) in [5, 5.41) is 12.1. The lowest BCUT2D eigenvalue weighted by Crippen LogP contribution is -2.36. The Bertz CT molecular complexity index is 850. The average Bonchev–Trinajstić information content (AvgIpc) is 2.73. The van der Waals surface area contributed by atoms with Crippen molar-refractivity contribution >= 4 is 35.0 Å². The first kappa shape index (κ1) is 20.2. The Kier molecular flexibility index (Phi) is 6.95. The fraction of sp³-hybridized carbons (Fsp3) is 0.333. The van der Waals surface area contributed by atoms with Crippen LogP contribution in [-0.2, 0) is 15.3 Å². The van der Waals surface area contributed by atoms with Crippen LogP contribution in [-0.4, -0.2) is 43.3 Å². The third kappa shape index (κ3) is 5.05. The molecule has 1 aliphatic rings. The molecule has 2 aromatic rings. The van der Waals surface area contributed by atoms with Crippen LogP contribution in [0, 0.1) is 0 Å². The molecule has 0 spiro atoms. The number of carbonyl (C=O) groups is 2. The van der Waals surface area contributed by atoms with Gasteiger partial charge in [0.2, 0.25) is 5.91 Å². The van der Waals surface area contributed by atoms with Crippen molar-refractivity contribution in [1.82, 2.24) is 0 Å². The van der Waals surface area contributed by atoms with E-state index in [1.54, 1.807) is 30.8 Å². The highest BCUT2D eigenvalue weighted by atomic mass is 32.2. The molecule has 0 unspecified atom stereocenters. The minimum Gasteiger partial charge on any atom is -0.478 e. The first-order valence-electron chi connectivity index (χ1n) is 9.29. The van der Waals surface area contributed by atoms with Gasteiger partial charge in [-0.2, -0.15) is 0 Å². The lowest BCUT2D eigenvalue weighted by atomic mass is 10.1. The van der Waals surface area contributed by atoms with Crippen LogP contribution in [0.25, 0.3) is 0 Å². The van der Waals surface area contributed by atoms with E-state index in [-0.39, 0.29) is 11.5 Å². The number of carboxylic acids is 1. The monoisotopic (exact) mass is 400 g/mol. The van der Waals surface area contributed by atoms with Gasteiger partial charge in [0.1, 0.15) is 0 Å². The van der Waals surface area contributed by atoms with Crippen molar-refractivity contribution in [2.24, 2.45) is 0 Å². The number of carboxylic acid groups (broad SMARTS) is 1. The van der Waals surface area contributed by atoms with Crippen molar-refractivity contribution in [1.29, 1.82) is 0 Å². The minimum atomic E-state index is -1.05. The summed E-state index contributed by atoms with van der Waals surface area (Å²) < 4.78 is 5.44. The summed E-state index contributed by atoms with van der Waals surface area (Å²) in [4.78, 5) is 26.7. The predicted molar refractivity (Wildman–Crippen MR) is 111 cm³/mol. The summed E-state index contributed by atoms with van der Waals surface area (Å²) in [6.07, 6.45) is 0.301. The van der Waals surface area contributed by atoms with Gasteiger partial charge in [-0.1, -0.05) is 25.1 Å². The summed E-state index contributed by atoms with van der Waals surface area (Å²) in [5.74, 6) is -0.611. The fourth-order valence-corrected chi connectivity index (χ4v) is 4.03. The Labute approximate surface area is 168 Å². The Morgan fingerprint density at radius 1 is 1.18 bits per heavy atom. The van der Waals surface area contributed by atoms with Gasteiger partial charge < -0.3 is 20.1 Å². The molecule has 1 fully saturated rings. The third-order valence-corrected chi connectivity index (χ3v) is 5.65. The standard InChI is InChI=1S/C21H24N2O4S/c1-2-20(24)22-17-8-7-15(13-16(17)21(25)26)14-28-19-6-4-3-5-18(19)23-9-11-27-12-10-23/h3-8,13H,2,9-12,14H2,1H3,(H,22,24)(H,25,26). The van der Waals surface area contributed by atoms with Gasteiger partial charge in [0.05, 0.1) is 30.2 Å². The maximum absolute atomic E-state index is 11.6. The zero-order valence-electron chi connectivity index (χ0n) is 15.8. The molecule has 0 radical (unpaired) electrons. The third-order valence-electron chi connectivity index (χ3n) is 4.52. The van der Waals surface area contributed by atoms with Gasteiger partial charge in [-0.3, -0.25) is 4.79 Å². The van der Waals surface area contributed by atoms with Gasteiger partial charge in [0.15, 0.2) is 0 Å². The van der Waals surface area contributed by atoms with Crippen molar-refractivity contribution in [3.05, 3.63) is 53.6 Å². The lowest BCUT2D eigenvalue weighted by Gasteiger charge is -2.30. The molecule has 1 heterocycles. The van der Waals surface area contributed by atoms with Crippen LogP contribution in [0.4, 0.5) is 11.4 Å². The average molecular weight is 401 g/mol. The number of para-hydroxylation sites is 1. The number of nitrogens with one attached hydrogen (secondary N) is 1. The van der Waals surface area contributed by atoms with Gasteiger partial charge in [-0.25, -0.2) is 4.79 Å². The molecule has 7 heteroatoms. The Morgan fingerprint density at radius 3 is 2.64 bits per heavy atom. The maximum atomic E-state index is 11.6. The normalized spacial score (nSPS) is 14.0. The highest BCUT2D eigenvalue weighted by Crippen LogP contribution is 2.33. The number of carbonyl (C=O) groups excluding carboxylic acids is 1. The Balaban J connectivity index is 1.75. The second kappa shape index (κ2) is 9.61. The minimum absolute atomic E-state index is 0.112. The number of aromatic carboxylic acids is 1. The fourth-order valence-electron chi connectivity index (χ4n) is 3.01. The van der Waals surface area contributed by atoms with E-state index in [0.29, 0.717) is 17.9 Å². The van der Waals surface area contributed by atoms with Gasteiger partial charge in [-0.15, -0.1) is 11.8 Å². The van der Waals surface area contributed by atoms with Crippen LogP contribution in [0.1, 0.15) is 29.3 Å². The summed E-state index contributed by atoms with van der Waals surface area (Å²) >= 11 is 1.68. The van der Waals surface area contributed by atoms with Crippen LogP contribution in [0.3, 0.4) is 0 Å². The SMILES string of the molecule is CCC(=O)Nc1ccc(CSc2ccccc2N2CCOCC2)cc1C(=O)O. The number of anilines is 2. The second-order valence-corrected chi connectivity index (χ2v) is 7.46. The number of ether oxygens (including phenoxy) is 1. The summed E-state index contributed by atoms with van der Waals surface area (Å²) in [6.45, 7) is 4.92. The van der Waals surface area contributed by atoms with Crippen molar-refractivity contribution in [3.8, 4) is 0 Å². The van der Waals surface area contributed by atoms with Gasteiger partial charge in [0.25, 0.3) is 0 Å². The lowest BCUT2D eigenvalue weighted by molar-refractivity contribution is -0.115. The number of nitrogens with zero attached hydrogens (tertiary/aromatic N) is 1. The molecule has 2 aromatic carbocycles. The van der Waals surface area contributed by atoms with E-state index in [1.807, 2.05) is 18.2 Å². The summed E-state index contributed by atoms with van der Waals surface area (Å²) in [7, 11) is 0. The summed E-state index contributed by atoms with van der Waals surface area (Å²) in [5.41, 5.74) is 2.53. The van der Waals surface area contributed by atoms with E-state index in [4.69, 9.17) is 4.74 Å². The van der Waals surface area contributed by atoms with Gasteiger partial charge in [-0.05, 0) is 29.8 Å². The zero-order valence-corrected chi connectivity index (χ0v) is 16.6. The molecule has 3 rings (SSSR count). The van der Waals surface area contributed by atoms with Crippen molar-refractivity contribution < 1.29 is 19.4 Å². The van der Waals surface area contributed by atoms with Crippen molar-refractivity contribution in [2.75, 3.05) is 36.5 Å². The predicted octanol–water partition coefficient (Wildman–Crippen LogP) is 3.86. The molecular weight excluding hydrogens is 376 g/mol. The molecule has 0 aliphatic carbocycles. The van der Waals surface area contributed by atoms with E-state index in [2.05, 4.69) is 22.3 Å². The number of hydrogen-bond donors (Lipinski definition) is 2. The number of benzene rings is 2. The number of rotatable bonds is 7. The van der Waals surface area contributed by atoms with E-state index in [9.17, 15) is 14.7 Å².